The molecule has 0 aromatic heterocycles. The van der Waals surface area contributed by atoms with Gasteiger partial charge in [-0.15, -0.1) is 0 Å². The molecular formula is C11H13BrClNO3S. The van der Waals surface area contributed by atoms with Gasteiger partial charge in [-0.25, -0.2) is 8.42 Å². The number of hydrogen-bond donors (Lipinski definition) is 0. The Balaban J connectivity index is 2.05. The monoisotopic (exact) mass is 353 g/mol. The lowest BCUT2D eigenvalue weighted by Crippen LogP contribution is -2.51. The Bertz CT molecular complexity index is 543. The van der Waals surface area contributed by atoms with Crippen LogP contribution in [0.15, 0.2) is 22.7 Å². The second kappa shape index (κ2) is 5.36. The first kappa shape index (κ1) is 14.1. The smallest absolute Gasteiger partial charge is 0.236 e. The highest BCUT2D eigenvalue weighted by atomic mass is 79.9. The topological polar surface area (TPSA) is 46.6 Å². The van der Waals surface area contributed by atoms with Gasteiger partial charge in [0.1, 0.15) is 11.9 Å². The molecule has 0 bridgehead atoms. The standard InChI is InChI=1S/C11H13BrClNO3S/c1-14-5-9(6-14)17-11-3-2-8(4-10(11)12)7-18(13,15)16/h2-4,9H,5-7H2,1H3. The molecule has 1 aliphatic rings. The number of likely N-dealkylation sites (tertiary alicyclic amines) is 1. The van der Waals surface area contributed by atoms with Crippen molar-refractivity contribution >= 4 is 35.7 Å². The Morgan fingerprint density at radius 1 is 1.50 bits per heavy atom. The number of likely N-dealkylation sites (N-methyl/N-ethyl adjacent to an activating group) is 1. The molecule has 0 radical (unpaired) electrons. The lowest BCUT2D eigenvalue weighted by Gasteiger charge is -2.36. The highest BCUT2D eigenvalue weighted by Gasteiger charge is 2.25. The Morgan fingerprint density at radius 3 is 2.67 bits per heavy atom. The van der Waals surface area contributed by atoms with Gasteiger partial charge >= 0.3 is 0 Å². The molecule has 4 nitrogen and oxygen atoms in total. The van der Waals surface area contributed by atoms with Gasteiger partial charge in [-0.05, 0) is 40.7 Å². The van der Waals surface area contributed by atoms with Gasteiger partial charge in [0.15, 0.2) is 0 Å². The predicted octanol–water partition coefficient (Wildman–Crippen LogP) is 2.21. The molecule has 18 heavy (non-hydrogen) atoms. The zero-order valence-corrected chi connectivity index (χ0v) is 12.9. The first-order chi connectivity index (χ1) is 8.33. The summed E-state index contributed by atoms with van der Waals surface area (Å²) in [5, 5.41) is 0. The molecule has 0 atom stereocenters. The van der Waals surface area contributed by atoms with Crippen LogP contribution >= 0.6 is 26.6 Å². The van der Waals surface area contributed by atoms with E-state index in [2.05, 4.69) is 20.8 Å². The van der Waals surface area contributed by atoms with E-state index in [4.69, 9.17) is 15.4 Å². The van der Waals surface area contributed by atoms with Gasteiger partial charge in [0.2, 0.25) is 9.05 Å². The largest absolute Gasteiger partial charge is 0.487 e. The molecule has 100 valence electrons. The average Bonchev–Trinajstić information content (AvgIpc) is 2.17. The van der Waals surface area contributed by atoms with Crippen LogP contribution in [0.1, 0.15) is 5.56 Å². The zero-order chi connectivity index (χ0) is 13.3. The maximum Gasteiger partial charge on any atom is 0.236 e. The van der Waals surface area contributed by atoms with Gasteiger partial charge in [0.05, 0.1) is 10.2 Å². The lowest BCUT2D eigenvalue weighted by molar-refractivity contribution is 0.0383. The number of nitrogens with zero attached hydrogens (tertiary/aromatic N) is 1. The molecule has 0 saturated carbocycles. The first-order valence-electron chi connectivity index (χ1n) is 5.39. The van der Waals surface area contributed by atoms with Gasteiger partial charge < -0.3 is 4.74 Å². The highest BCUT2D eigenvalue weighted by Crippen LogP contribution is 2.29. The summed E-state index contributed by atoms with van der Waals surface area (Å²) < 4.78 is 28.5. The fourth-order valence-corrected chi connectivity index (χ4v) is 3.30. The van der Waals surface area contributed by atoms with Crippen LogP contribution in [0, 0.1) is 0 Å². The van der Waals surface area contributed by atoms with E-state index < -0.39 is 9.05 Å². The summed E-state index contributed by atoms with van der Waals surface area (Å²) >= 11 is 3.38. The fourth-order valence-electron chi connectivity index (χ4n) is 1.82. The minimum atomic E-state index is -3.53. The van der Waals surface area contributed by atoms with E-state index in [1.807, 2.05) is 7.05 Å². The zero-order valence-electron chi connectivity index (χ0n) is 9.77. The Kier molecular flexibility index (Phi) is 4.21. The average molecular weight is 355 g/mol. The quantitative estimate of drug-likeness (QED) is 0.778. The fraction of sp³-hybridized carbons (Fsp3) is 0.455. The SMILES string of the molecule is CN1CC(Oc2ccc(CS(=O)(=O)Cl)cc2Br)C1. The lowest BCUT2D eigenvalue weighted by atomic mass is 10.2. The highest BCUT2D eigenvalue weighted by molar-refractivity contribution is 9.10. The third-order valence-corrected chi connectivity index (χ3v) is 4.28. The van der Waals surface area contributed by atoms with Gasteiger partial charge in [-0.3, -0.25) is 4.90 Å². The van der Waals surface area contributed by atoms with Gasteiger partial charge in [0.25, 0.3) is 0 Å². The molecule has 7 heteroatoms. The van der Waals surface area contributed by atoms with Crippen molar-refractivity contribution in [3.8, 4) is 5.75 Å². The third kappa shape index (κ3) is 3.85. The number of rotatable bonds is 4. The van der Waals surface area contributed by atoms with Crippen molar-refractivity contribution in [3.63, 3.8) is 0 Å². The summed E-state index contributed by atoms with van der Waals surface area (Å²) in [6.07, 6.45) is 0.203. The summed E-state index contributed by atoms with van der Waals surface area (Å²) in [5.74, 6) is 0.545. The molecule has 1 saturated heterocycles. The van der Waals surface area contributed by atoms with Gasteiger partial charge in [-0.1, -0.05) is 6.07 Å². The van der Waals surface area contributed by atoms with Crippen LogP contribution in [0.4, 0.5) is 0 Å². The van der Waals surface area contributed by atoms with Crippen molar-refractivity contribution < 1.29 is 13.2 Å². The van der Waals surface area contributed by atoms with Crippen LogP contribution in [0.5, 0.6) is 5.75 Å². The maximum absolute atomic E-state index is 11.0. The number of benzene rings is 1. The van der Waals surface area contributed by atoms with E-state index in [1.54, 1.807) is 18.2 Å². The summed E-state index contributed by atoms with van der Waals surface area (Å²) in [6, 6.07) is 5.19. The molecule has 0 N–H and O–H groups in total. The van der Waals surface area contributed by atoms with E-state index in [-0.39, 0.29) is 11.9 Å². The molecule has 0 unspecified atom stereocenters. The summed E-state index contributed by atoms with van der Waals surface area (Å²) in [4.78, 5) is 2.16. The van der Waals surface area contributed by atoms with E-state index in [0.717, 1.165) is 23.3 Å². The van der Waals surface area contributed by atoms with Crippen LogP contribution in [-0.4, -0.2) is 39.6 Å². The van der Waals surface area contributed by atoms with Crippen LogP contribution in [0.25, 0.3) is 0 Å². The molecular weight excluding hydrogens is 342 g/mol. The van der Waals surface area contributed by atoms with E-state index in [0.29, 0.717) is 5.56 Å². The number of ether oxygens (including phenoxy) is 1. The molecule has 1 fully saturated rings. The van der Waals surface area contributed by atoms with Gasteiger partial charge in [0, 0.05) is 23.8 Å². The van der Waals surface area contributed by atoms with Crippen LogP contribution in [-0.2, 0) is 14.8 Å². The molecule has 1 aromatic rings. The van der Waals surface area contributed by atoms with Crippen molar-refractivity contribution in [2.24, 2.45) is 0 Å². The molecule has 0 aliphatic carbocycles. The second-order valence-electron chi connectivity index (χ2n) is 4.41. The Labute approximate surface area is 119 Å². The van der Waals surface area contributed by atoms with E-state index >= 15 is 0 Å². The Morgan fingerprint density at radius 2 is 2.17 bits per heavy atom. The minimum absolute atomic E-state index is 0.181. The van der Waals surface area contributed by atoms with E-state index in [9.17, 15) is 8.42 Å². The predicted molar refractivity (Wildman–Crippen MR) is 74.5 cm³/mol. The summed E-state index contributed by atoms with van der Waals surface area (Å²) in [7, 11) is 3.72. The molecule has 1 heterocycles. The Hall–Kier alpha value is -0.300. The second-order valence-corrected chi connectivity index (χ2v) is 8.04. The minimum Gasteiger partial charge on any atom is -0.487 e. The van der Waals surface area contributed by atoms with Crippen molar-refractivity contribution in [1.82, 2.24) is 4.90 Å². The number of hydrogen-bond acceptors (Lipinski definition) is 4. The molecule has 1 aromatic carbocycles. The van der Waals surface area contributed by atoms with Gasteiger partial charge in [-0.2, -0.15) is 0 Å². The molecule has 1 aliphatic heterocycles. The van der Waals surface area contributed by atoms with E-state index in [1.165, 1.54) is 0 Å². The first-order valence-corrected chi connectivity index (χ1v) is 8.66. The van der Waals surface area contributed by atoms with Crippen molar-refractivity contribution in [2.45, 2.75) is 11.9 Å². The molecule has 0 spiro atoms. The summed E-state index contributed by atoms with van der Waals surface area (Å²) in [6.45, 7) is 1.81. The van der Waals surface area contributed by atoms with Crippen molar-refractivity contribution in [2.75, 3.05) is 20.1 Å². The maximum atomic E-state index is 11.0. The third-order valence-electron chi connectivity index (χ3n) is 2.66. The normalized spacial score (nSPS) is 17.5. The van der Waals surface area contributed by atoms with Crippen LogP contribution in [0.3, 0.4) is 0 Å². The molecule has 2 rings (SSSR count). The van der Waals surface area contributed by atoms with Crippen molar-refractivity contribution in [1.29, 1.82) is 0 Å². The molecule has 0 amide bonds. The summed E-state index contributed by atoms with van der Waals surface area (Å²) in [5.41, 5.74) is 0.634. The van der Waals surface area contributed by atoms with Crippen molar-refractivity contribution in [3.05, 3.63) is 28.2 Å². The van der Waals surface area contributed by atoms with Crippen LogP contribution in [0.2, 0.25) is 0 Å². The number of halogens is 2. The van der Waals surface area contributed by atoms with Crippen LogP contribution < -0.4 is 4.74 Å².